The molecular weight excluding hydrogens is 348 g/mol. The average Bonchev–Trinajstić information content (AvgIpc) is 3.08. The second-order valence-corrected chi connectivity index (χ2v) is 6.32. The smallest absolute Gasteiger partial charge is 0.325 e. The fourth-order valence-corrected chi connectivity index (χ4v) is 3.08. The van der Waals surface area contributed by atoms with Gasteiger partial charge in [-0.25, -0.2) is 9.78 Å². The Labute approximate surface area is 157 Å². The van der Waals surface area contributed by atoms with Crippen LogP contribution in [0.15, 0.2) is 36.7 Å². The zero-order valence-corrected chi connectivity index (χ0v) is 15.4. The molecule has 9 heteroatoms. The summed E-state index contributed by atoms with van der Waals surface area (Å²) in [6, 6.07) is 6.29. The van der Waals surface area contributed by atoms with Crippen molar-refractivity contribution in [3.63, 3.8) is 0 Å². The third kappa shape index (κ3) is 4.83. The Kier molecular flexibility index (Phi) is 6.05. The molecule has 2 aromatic rings. The number of anilines is 1. The van der Waals surface area contributed by atoms with E-state index in [1.54, 1.807) is 37.6 Å². The van der Waals surface area contributed by atoms with Crippen LogP contribution in [-0.2, 0) is 11.8 Å². The van der Waals surface area contributed by atoms with Crippen molar-refractivity contribution in [1.29, 1.82) is 0 Å². The quantitative estimate of drug-likeness (QED) is 0.715. The first kappa shape index (κ1) is 18.9. The Morgan fingerprint density at radius 2 is 2.11 bits per heavy atom. The monoisotopic (exact) mass is 372 g/mol. The predicted molar refractivity (Wildman–Crippen MR) is 101 cm³/mol. The fourth-order valence-electron chi connectivity index (χ4n) is 3.08. The highest BCUT2D eigenvalue weighted by atomic mass is 16.5. The molecule has 0 saturated carbocycles. The number of imidazole rings is 1. The van der Waals surface area contributed by atoms with Crippen LogP contribution in [0, 0.1) is 0 Å². The number of piperazine rings is 1. The van der Waals surface area contributed by atoms with Crippen molar-refractivity contribution in [3.8, 4) is 5.75 Å². The first-order valence-electron chi connectivity index (χ1n) is 8.73. The Morgan fingerprint density at radius 1 is 1.33 bits per heavy atom. The van der Waals surface area contributed by atoms with Gasteiger partial charge in [-0.1, -0.05) is 0 Å². The second kappa shape index (κ2) is 8.65. The number of amides is 3. The summed E-state index contributed by atoms with van der Waals surface area (Å²) in [5, 5.41) is 8.33. The number of hydrogen-bond donors (Lipinski definition) is 3. The van der Waals surface area contributed by atoms with E-state index in [1.807, 2.05) is 22.7 Å². The van der Waals surface area contributed by atoms with Crippen LogP contribution in [0.3, 0.4) is 0 Å². The summed E-state index contributed by atoms with van der Waals surface area (Å²) in [6.07, 6.45) is 3.62. The van der Waals surface area contributed by atoms with Crippen molar-refractivity contribution in [2.45, 2.75) is 6.04 Å². The lowest BCUT2D eigenvalue weighted by molar-refractivity contribution is -0.121. The molecular formula is C18H24N6O3. The Hall–Kier alpha value is -2.91. The van der Waals surface area contributed by atoms with E-state index >= 15 is 0 Å². The van der Waals surface area contributed by atoms with Gasteiger partial charge in [0.2, 0.25) is 5.91 Å². The zero-order chi connectivity index (χ0) is 19.2. The van der Waals surface area contributed by atoms with E-state index in [-0.39, 0.29) is 18.5 Å². The lowest BCUT2D eigenvalue weighted by Crippen LogP contribution is -2.51. The van der Waals surface area contributed by atoms with Crippen LogP contribution in [0.2, 0.25) is 0 Å². The normalized spacial score (nSPS) is 17.3. The lowest BCUT2D eigenvalue weighted by Gasteiger charge is -2.35. The molecule has 0 radical (unpaired) electrons. The number of aryl methyl sites for hydroxylation is 1. The number of urea groups is 1. The number of hydrogen-bond acceptors (Lipinski definition) is 6. The van der Waals surface area contributed by atoms with E-state index in [9.17, 15) is 9.59 Å². The molecule has 3 amide bonds. The van der Waals surface area contributed by atoms with Gasteiger partial charge in [-0.05, 0) is 24.3 Å². The van der Waals surface area contributed by atoms with Crippen LogP contribution in [0.25, 0.3) is 0 Å². The largest absolute Gasteiger partial charge is 0.497 e. The molecule has 1 atom stereocenters. The lowest BCUT2D eigenvalue weighted by atomic mass is 10.1. The van der Waals surface area contributed by atoms with Crippen molar-refractivity contribution < 1.29 is 14.3 Å². The number of carbonyl (C=O) groups excluding carboxylic acids is 2. The molecule has 144 valence electrons. The van der Waals surface area contributed by atoms with Gasteiger partial charge in [0.05, 0.1) is 19.7 Å². The number of imide groups is 1. The van der Waals surface area contributed by atoms with Gasteiger partial charge in [0.15, 0.2) is 0 Å². The van der Waals surface area contributed by atoms with E-state index in [0.717, 1.165) is 12.4 Å². The van der Waals surface area contributed by atoms with E-state index in [1.165, 1.54) is 0 Å². The number of rotatable bonds is 5. The highest BCUT2D eigenvalue weighted by molar-refractivity contribution is 6.01. The van der Waals surface area contributed by atoms with Crippen LogP contribution in [0.1, 0.15) is 11.9 Å². The van der Waals surface area contributed by atoms with Gasteiger partial charge in [-0.3, -0.25) is 15.0 Å². The number of carbonyl (C=O) groups is 2. The number of aromatic nitrogens is 2. The van der Waals surface area contributed by atoms with Crippen molar-refractivity contribution in [3.05, 3.63) is 42.5 Å². The average molecular weight is 372 g/mol. The molecule has 1 unspecified atom stereocenters. The molecule has 1 aliphatic heterocycles. The van der Waals surface area contributed by atoms with E-state index in [2.05, 4.69) is 20.9 Å². The van der Waals surface area contributed by atoms with Gasteiger partial charge in [0.25, 0.3) is 0 Å². The van der Waals surface area contributed by atoms with E-state index in [4.69, 9.17) is 4.74 Å². The molecule has 0 bridgehead atoms. The van der Waals surface area contributed by atoms with Gasteiger partial charge in [-0.15, -0.1) is 0 Å². The van der Waals surface area contributed by atoms with Crippen LogP contribution >= 0.6 is 0 Å². The van der Waals surface area contributed by atoms with Gasteiger partial charge in [-0.2, -0.15) is 0 Å². The molecule has 3 N–H and O–H groups in total. The maximum atomic E-state index is 12.3. The van der Waals surface area contributed by atoms with Crippen LogP contribution < -0.4 is 20.7 Å². The van der Waals surface area contributed by atoms with Gasteiger partial charge in [0.1, 0.15) is 11.6 Å². The molecule has 3 rings (SSSR count). The van der Waals surface area contributed by atoms with E-state index in [0.29, 0.717) is 24.5 Å². The summed E-state index contributed by atoms with van der Waals surface area (Å²) in [6.45, 7) is 2.31. The first-order valence-corrected chi connectivity index (χ1v) is 8.73. The summed E-state index contributed by atoms with van der Waals surface area (Å²) in [5.74, 6) is 1.22. The SMILES string of the molecule is COc1ccc(NC(=O)NC(=O)CN2CCNCC2c2nccn2C)cc1. The van der Waals surface area contributed by atoms with Crippen molar-refractivity contribution in [2.75, 3.05) is 38.6 Å². The van der Waals surface area contributed by atoms with Gasteiger partial charge < -0.3 is 19.9 Å². The summed E-state index contributed by atoms with van der Waals surface area (Å²) in [4.78, 5) is 30.8. The predicted octanol–water partition coefficient (Wildman–Crippen LogP) is 0.723. The maximum absolute atomic E-state index is 12.3. The third-order valence-electron chi connectivity index (χ3n) is 4.46. The van der Waals surface area contributed by atoms with Crippen LogP contribution in [0.5, 0.6) is 5.75 Å². The molecule has 1 aromatic heterocycles. The number of benzene rings is 1. The number of nitrogens with zero attached hydrogens (tertiary/aromatic N) is 3. The Morgan fingerprint density at radius 3 is 2.78 bits per heavy atom. The zero-order valence-electron chi connectivity index (χ0n) is 15.4. The molecule has 2 heterocycles. The Balaban J connectivity index is 1.55. The third-order valence-corrected chi connectivity index (χ3v) is 4.46. The summed E-state index contributed by atoms with van der Waals surface area (Å²) >= 11 is 0. The molecule has 9 nitrogen and oxygen atoms in total. The summed E-state index contributed by atoms with van der Waals surface area (Å²) < 4.78 is 7.02. The van der Waals surface area contributed by atoms with Gasteiger partial charge in [0, 0.05) is 44.8 Å². The summed E-state index contributed by atoms with van der Waals surface area (Å²) in [7, 11) is 3.50. The highest BCUT2D eigenvalue weighted by Gasteiger charge is 2.28. The minimum atomic E-state index is -0.561. The molecule has 1 saturated heterocycles. The molecule has 1 fully saturated rings. The van der Waals surface area contributed by atoms with Crippen LogP contribution in [0.4, 0.5) is 10.5 Å². The van der Waals surface area contributed by atoms with Gasteiger partial charge >= 0.3 is 6.03 Å². The molecule has 0 spiro atoms. The molecule has 0 aliphatic carbocycles. The second-order valence-electron chi connectivity index (χ2n) is 6.32. The highest BCUT2D eigenvalue weighted by Crippen LogP contribution is 2.20. The number of methoxy groups -OCH3 is 1. The van der Waals surface area contributed by atoms with Crippen LogP contribution in [-0.4, -0.2) is 59.7 Å². The van der Waals surface area contributed by atoms with Crippen molar-refractivity contribution in [2.24, 2.45) is 7.05 Å². The standard InChI is InChI=1S/C18H24N6O3/c1-23-9-8-20-17(23)15-11-19-7-10-24(15)12-16(25)22-18(26)21-13-3-5-14(27-2)6-4-13/h3-6,8-9,15,19H,7,10-12H2,1-2H3,(H2,21,22,25,26). The first-order chi connectivity index (χ1) is 13.1. The Bertz CT molecular complexity index is 789. The van der Waals surface area contributed by atoms with E-state index < -0.39 is 6.03 Å². The minimum Gasteiger partial charge on any atom is -0.497 e. The van der Waals surface area contributed by atoms with Crippen molar-refractivity contribution >= 4 is 17.6 Å². The minimum absolute atomic E-state index is 0.0193. The molecule has 1 aliphatic rings. The number of ether oxygens (including phenoxy) is 1. The summed E-state index contributed by atoms with van der Waals surface area (Å²) in [5.41, 5.74) is 0.578. The molecule has 1 aromatic carbocycles. The van der Waals surface area contributed by atoms with Crippen molar-refractivity contribution in [1.82, 2.24) is 25.1 Å². The number of nitrogens with one attached hydrogen (secondary N) is 3. The fraction of sp³-hybridized carbons (Fsp3) is 0.389. The topological polar surface area (TPSA) is 101 Å². The molecule has 27 heavy (non-hydrogen) atoms. The maximum Gasteiger partial charge on any atom is 0.325 e.